The number of carbonyl (C=O) groups excluding carboxylic acids is 1. The van der Waals surface area contributed by atoms with E-state index < -0.39 is 34.2 Å². The van der Waals surface area contributed by atoms with Gasteiger partial charge < -0.3 is 5.32 Å². The summed E-state index contributed by atoms with van der Waals surface area (Å²) in [5.41, 5.74) is -1.66. The van der Waals surface area contributed by atoms with Gasteiger partial charge in [0, 0.05) is 6.92 Å². The molecular weight excluding hydrogens is 274 g/mol. The van der Waals surface area contributed by atoms with E-state index in [1.807, 2.05) is 19.2 Å². The number of amides is 1. The molecule has 1 rings (SSSR count). The van der Waals surface area contributed by atoms with Crippen molar-refractivity contribution in [1.82, 2.24) is 0 Å². The average Bonchev–Trinajstić information content (AvgIpc) is 2.24. The van der Waals surface area contributed by atoms with Crippen LogP contribution in [0.15, 0.2) is 12.1 Å². The number of benzene rings is 1. The number of hydrogen-bond donors (Lipinski definition) is 1. The van der Waals surface area contributed by atoms with Gasteiger partial charge in [-0.1, -0.05) is 25.4 Å². The fourth-order valence-corrected chi connectivity index (χ4v) is 1.29. The van der Waals surface area contributed by atoms with E-state index in [1.54, 1.807) is 0 Å². The maximum atomic E-state index is 13.2. The summed E-state index contributed by atoms with van der Waals surface area (Å²) in [6, 6.07) is 0.826. The zero-order valence-corrected chi connectivity index (χ0v) is 10.7. The van der Waals surface area contributed by atoms with E-state index in [0.29, 0.717) is 6.07 Å². The zero-order valence-electron chi connectivity index (χ0n) is 9.95. The molecule has 0 fully saturated rings. The van der Waals surface area contributed by atoms with Crippen molar-refractivity contribution in [2.45, 2.75) is 26.9 Å². The summed E-state index contributed by atoms with van der Waals surface area (Å²) in [7, 11) is 0. The molecule has 1 aromatic rings. The summed E-state index contributed by atoms with van der Waals surface area (Å²) in [5.74, 6) is -1.85. The summed E-state index contributed by atoms with van der Waals surface area (Å²) in [6.07, 6.45) is -4.68. The van der Waals surface area contributed by atoms with E-state index in [0.717, 1.165) is 6.92 Å². The number of hydrogen-bond acceptors (Lipinski definition) is 1. The highest BCUT2D eigenvalue weighted by molar-refractivity contribution is 6.33. The van der Waals surface area contributed by atoms with E-state index in [9.17, 15) is 22.4 Å². The second kappa shape index (κ2) is 6.58. The quantitative estimate of drug-likeness (QED) is 0.757. The topological polar surface area (TPSA) is 29.1 Å². The van der Waals surface area contributed by atoms with Crippen LogP contribution >= 0.6 is 11.6 Å². The third kappa shape index (κ3) is 4.52. The van der Waals surface area contributed by atoms with Gasteiger partial charge in [-0.3, -0.25) is 4.79 Å². The Kier molecular flexibility index (Phi) is 6.11. The molecule has 0 bridgehead atoms. The third-order valence-electron chi connectivity index (χ3n) is 1.67. The number of carbonyl (C=O) groups is 1. The normalized spacial score (nSPS) is 10.4. The van der Waals surface area contributed by atoms with Gasteiger partial charge in [-0.25, -0.2) is 4.39 Å². The van der Waals surface area contributed by atoms with Gasteiger partial charge in [0.15, 0.2) is 0 Å². The van der Waals surface area contributed by atoms with Crippen LogP contribution < -0.4 is 5.32 Å². The van der Waals surface area contributed by atoms with Crippen molar-refractivity contribution in [2.75, 3.05) is 5.32 Å². The molecule has 7 heteroatoms. The Bertz CT molecular complexity index is 409. The third-order valence-corrected chi connectivity index (χ3v) is 1.97. The fourth-order valence-electron chi connectivity index (χ4n) is 1.03. The van der Waals surface area contributed by atoms with Crippen LogP contribution in [-0.4, -0.2) is 5.91 Å². The minimum Gasteiger partial charge on any atom is -0.323 e. The standard InChI is InChI=1S/C9H6ClF4NO.C2H6/c1-4(16)15-8-6(10)2-5(3-7(8)11)9(12,13)14;1-2/h2-3H,1H3,(H,15,16);1-2H3. The van der Waals surface area contributed by atoms with Gasteiger partial charge in [-0.05, 0) is 12.1 Å². The highest BCUT2D eigenvalue weighted by Crippen LogP contribution is 2.35. The molecule has 18 heavy (non-hydrogen) atoms. The molecule has 1 N–H and O–H groups in total. The maximum Gasteiger partial charge on any atom is 0.416 e. The number of anilines is 1. The highest BCUT2D eigenvalue weighted by atomic mass is 35.5. The molecule has 0 heterocycles. The molecule has 0 atom stereocenters. The Morgan fingerprint density at radius 1 is 1.28 bits per heavy atom. The van der Waals surface area contributed by atoms with Crippen molar-refractivity contribution in [1.29, 1.82) is 0 Å². The van der Waals surface area contributed by atoms with Crippen LogP contribution in [0.5, 0.6) is 0 Å². The molecule has 0 aliphatic heterocycles. The second-order valence-corrected chi connectivity index (χ2v) is 3.40. The average molecular weight is 286 g/mol. The van der Waals surface area contributed by atoms with E-state index in [-0.39, 0.29) is 6.07 Å². The van der Waals surface area contributed by atoms with Gasteiger partial charge in [0.1, 0.15) is 5.82 Å². The number of nitrogens with one attached hydrogen (secondary N) is 1. The number of alkyl halides is 3. The molecule has 1 amide bonds. The van der Waals surface area contributed by atoms with E-state index in [1.165, 1.54) is 0 Å². The minimum absolute atomic E-state index is 0.275. The molecule has 0 unspecified atom stereocenters. The van der Waals surface area contributed by atoms with Crippen molar-refractivity contribution in [3.63, 3.8) is 0 Å². The molecule has 1 aromatic carbocycles. The van der Waals surface area contributed by atoms with E-state index >= 15 is 0 Å². The monoisotopic (exact) mass is 285 g/mol. The SMILES string of the molecule is CC.CC(=O)Nc1c(F)cc(C(F)(F)F)cc1Cl. The molecule has 0 spiro atoms. The molecule has 0 saturated heterocycles. The summed E-state index contributed by atoms with van der Waals surface area (Å²) >= 11 is 5.43. The largest absolute Gasteiger partial charge is 0.416 e. The maximum absolute atomic E-state index is 13.2. The van der Waals surface area contributed by atoms with Crippen LogP contribution in [0.2, 0.25) is 5.02 Å². The van der Waals surface area contributed by atoms with Gasteiger partial charge in [0.05, 0.1) is 16.3 Å². The summed E-state index contributed by atoms with van der Waals surface area (Å²) in [5, 5.41) is 1.51. The van der Waals surface area contributed by atoms with Crippen molar-refractivity contribution >= 4 is 23.2 Å². The second-order valence-electron chi connectivity index (χ2n) is 2.99. The Balaban J connectivity index is 0.00000137. The van der Waals surface area contributed by atoms with Crippen LogP contribution in [0.25, 0.3) is 0 Å². The smallest absolute Gasteiger partial charge is 0.323 e. The lowest BCUT2D eigenvalue weighted by Crippen LogP contribution is -2.11. The van der Waals surface area contributed by atoms with Gasteiger partial charge in [0.25, 0.3) is 0 Å². The van der Waals surface area contributed by atoms with Crippen molar-refractivity contribution in [2.24, 2.45) is 0 Å². The van der Waals surface area contributed by atoms with Crippen LogP contribution in [0.1, 0.15) is 26.3 Å². The first-order valence-corrected chi connectivity index (χ1v) is 5.43. The van der Waals surface area contributed by atoms with Gasteiger partial charge in [-0.2, -0.15) is 13.2 Å². The predicted molar refractivity (Wildman–Crippen MR) is 62.1 cm³/mol. The van der Waals surface area contributed by atoms with E-state index in [4.69, 9.17) is 11.6 Å². The first-order chi connectivity index (χ1) is 8.21. The predicted octanol–water partition coefficient (Wildman–Crippen LogP) is 4.48. The van der Waals surface area contributed by atoms with Gasteiger partial charge in [0.2, 0.25) is 5.91 Å². The summed E-state index contributed by atoms with van der Waals surface area (Å²) in [4.78, 5) is 10.6. The molecule has 0 aliphatic rings. The Hall–Kier alpha value is -1.30. The highest BCUT2D eigenvalue weighted by Gasteiger charge is 2.32. The van der Waals surface area contributed by atoms with Crippen LogP contribution in [0, 0.1) is 5.82 Å². The van der Waals surface area contributed by atoms with Crippen LogP contribution in [0.4, 0.5) is 23.2 Å². The lowest BCUT2D eigenvalue weighted by atomic mass is 10.2. The molecule has 0 aromatic heterocycles. The molecule has 102 valence electrons. The van der Waals surface area contributed by atoms with Crippen LogP contribution in [0.3, 0.4) is 0 Å². The van der Waals surface area contributed by atoms with E-state index in [2.05, 4.69) is 0 Å². The number of rotatable bonds is 1. The summed E-state index contributed by atoms with van der Waals surface area (Å²) in [6.45, 7) is 5.09. The van der Waals surface area contributed by atoms with Gasteiger partial charge >= 0.3 is 6.18 Å². The lowest BCUT2D eigenvalue weighted by Gasteiger charge is -2.11. The molecule has 0 aliphatic carbocycles. The number of halogens is 5. The summed E-state index contributed by atoms with van der Waals surface area (Å²) < 4.78 is 49.9. The van der Waals surface area contributed by atoms with Crippen molar-refractivity contribution < 1.29 is 22.4 Å². The Morgan fingerprint density at radius 3 is 2.11 bits per heavy atom. The first kappa shape index (κ1) is 16.7. The van der Waals surface area contributed by atoms with Crippen molar-refractivity contribution in [3.8, 4) is 0 Å². The molecule has 0 saturated carbocycles. The molecular formula is C11H12ClF4NO. The zero-order chi connectivity index (χ0) is 14.5. The minimum atomic E-state index is -4.68. The first-order valence-electron chi connectivity index (χ1n) is 5.05. The molecule has 0 radical (unpaired) electrons. The Labute approximate surface area is 107 Å². The molecule has 2 nitrogen and oxygen atoms in total. The Morgan fingerprint density at radius 2 is 1.78 bits per heavy atom. The van der Waals surface area contributed by atoms with Crippen LogP contribution in [-0.2, 0) is 11.0 Å². The lowest BCUT2D eigenvalue weighted by molar-refractivity contribution is -0.137. The van der Waals surface area contributed by atoms with Gasteiger partial charge in [-0.15, -0.1) is 0 Å². The fraction of sp³-hybridized carbons (Fsp3) is 0.364. The van der Waals surface area contributed by atoms with Crippen molar-refractivity contribution in [3.05, 3.63) is 28.5 Å².